The Labute approximate surface area is 163 Å². The molecule has 4 atom stereocenters. The maximum Gasteiger partial charge on any atom is 0.328 e. The Bertz CT molecular complexity index is 675. The Morgan fingerprint density at radius 1 is 1.04 bits per heavy atom. The van der Waals surface area contributed by atoms with Gasteiger partial charge in [0, 0.05) is 0 Å². The molecule has 0 aliphatic carbocycles. The van der Waals surface area contributed by atoms with E-state index in [4.69, 9.17) is 10.8 Å². The molecule has 0 aliphatic heterocycles. The van der Waals surface area contributed by atoms with Gasteiger partial charge in [-0.3, -0.25) is 9.59 Å². The monoisotopic (exact) mass is 395 g/mol. The molecule has 28 heavy (non-hydrogen) atoms. The second-order valence-corrected chi connectivity index (χ2v) is 7.23. The van der Waals surface area contributed by atoms with Crippen molar-refractivity contribution in [3.63, 3.8) is 0 Å². The number of carbonyl (C=O) groups is 3. The van der Waals surface area contributed by atoms with E-state index in [0.717, 1.165) is 5.56 Å². The predicted molar refractivity (Wildman–Crippen MR) is 102 cm³/mol. The van der Waals surface area contributed by atoms with E-state index in [2.05, 4.69) is 10.6 Å². The summed E-state index contributed by atoms with van der Waals surface area (Å²) in [6.07, 6.45) is -0.822. The van der Waals surface area contributed by atoms with E-state index in [1.807, 2.05) is 13.8 Å². The summed E-state index contributed by atoms with van der Waals surface area (Å²) in [6.45, 7) is 4.96. The molecule has 0 saturated carbocycles. The van der Waals surface area contributed by atoms with Crippen LogP contribution in [0.25, 0.3) is 0 Å². The average molecular weight is 395 g/mol. The molecule has 0 unspecified atom stereocenters. The summed E-state index contributed by atoms with van der Waals surface area (Å²) in [5.74, 6) is -2.49. The summed E-state index contributed by atoms with van der Waals surface area (Å²) in [5, 5.41) is 32.8. The van der Waals surface area contributed by atoms with Gasteiger partial charge in [0.2, 0.25) is 11.8 Å². The molecule has 0 spiro atoms. The van der Waals surface area contributed by atoms with Gasteiger partial charge in [0.25, 0.3) is 0 Å². The molecule has 0 aromatic heterocycles. The summed E-state index contributed by atoms with van der Waals surface area (Å²) in [4.78, 5) is 36.1. The second kappa shape index (κ2) is 10.6. The smallest absolute Gasteiger partial charge is 0.328 e. The van der Waals surface area contributed by atoms with Gasteiger partial charge in [0.15, 0.2) is 6.04 Å². The fourth-order valence-electron chi connectivity index (χ4n) is 2.60. The van der Waals surface area contributed by atoms with Crippen molar-refractivity contribution in [3.8, 4) is 5.75 Å². The van der Waals surface area contributed by atoms with E-state index < -0.39 is 42.0 Å². The van der Waals surface area contributed by atoms with E-state index >= 15 is 0 Å². The van der Waals surface area contributed by atoms with Crippen LogP contribution >= 0.6 is 0 Å². The number of hydrogen-bond acceptors (Lipinski definition) is 6. The van der Waals surface area contributed by atoms with Gasteiger partial charge in [0.1, 0.15) is 11.8 Å². The zero-order valence-corrected chi connectivity index (χ0v) is 16.3. The number of phenols is 1. The van der Waals surface area contributed by atoms with Gasteiger partial charge in [0.05, 0.1) is 12.1 Å². The highest BCUT2D eigenvalue weighted by Crippen LogP contribution is 2.11. The number of carboxylic acids is 1. The lowest BCUT2D eigenvalue weighted by Gasteiger charge is -2.25. The first kappa shape index (κ1) is 23.4. The van der Waals surface area contributed by atoms with Crippen molar-refractivity contribution in [2.45, 2.75) is 57.8 Å². The number of rotatable bonds is 10. The molecule has 2 amide bonds. The molecular formula is C19H29N3O6. The minimum absolute atomic E-state index is 0.0409. The molecule has 0 aliphatic rings. The summed E-state index contributed by atoms with van der Waals surface area (Å²) in [6, 6.07) is 2.85. The lowest BCUT2D eigenvalue weighted by atomic mass is 10.0. The summed E-state index contributed by atoms with van der Waals surface area (Å²) in [7, 11) is 0. The van der Waals surface area contributed by atoms with E-state index in [-0.39, 0.29) is 24.5 Å². The number of nitrogens with one attached hydrogen (secondary N) is 2. The van der Waals surface area contributed by atoms with Crippen LogP contribution in [0.1, 0.15) is 32.8 Å². The van der Waals surface area contributed by atoms with Crippen LogP contribution in [0.4, 0.5) is 0 Å². The van der Waals surface area contributed by atoms with Crippen LogP contribution < -0.4 is 16.4 Å². The third-order valence-corrected chi connectivity index (χ3v) is 4.12. The van der Waals surface area contributed by atoms with Crippen LogP contribution in [0.3, 0.4) is 0 Å². The number of carbonyl (C=O) groups excluding carboxylic acids is 2. The molecule has 1 rings (SSSR count). The molecule has 9 heteroatoms. The van der Waals surface area contributed by atoms with Gasteiger partial charge in [-0.25, -0.2) is 4.79 Å². The molecular weight excluding hydrogens is 366 g/mol. The van der Waals surface area contributed by atoms with Gasteiger partial charge >= 0.3 is 5.97 Å². The Morgan fingerprint density at radius 2 is 1.61 bits per heavy atom. The maximum atomic E-state index is 12.5. The quantitative estimate of drug-likeness (QED) is 0.318. The van der Waals surface area contributed by atoms with E-state index in [9.17, 15) is 24.6 Å². The predicted octanol–water partition coefficient (Wildman–Crippen LogP) is -0.257. The van der Waals surface area contributed by atoms with Gasteiger partial charge in [-0.05, 0) is 43.4 Å². The fourth-order valence-corrected chi connectivity index (χ4v) is 2.60. The molecule has 0 fully saturated rings. The number of hydrogen-bond donors (Lipinski definition) is 6. The first-order valence-corrected chi connectivity index (χ1v) is 9.06. The molecule has 9 nitrogen and oxygen atoms in total. The molecule has 156 valence electrons. The van der Waals surface area contributed by atoms with Crippen LogP contribution in [0.2, 0.25) is 0 Å². The van der Waals surface area contributed by atoms with Crippen LogP contribution in [0.15, 0.2) is 24.3 Å². The largest absolute Gasteiger partial charge is 0.508 e. The normalized spacial score (nSPS) is 15.4. The lowest BCUT2D eigenvalue weighted by Crippen LogP contribution is -2.57. The Kier molecular flexibility index (Phi) is 8.87. The molecule has 0 heterocycles. The third kappa shape index (κ3) is 7.53. The molecule has 1 aromatic rings. The number of nitrogens with two attached hydrogens (primary N) is 1. The number of phenolic OH excluding ortho intramolecular Hbond substituents is 1. The van der Waals surface area contributed by atoms with Gasteiger partial charge in [-0.15, -0.1) is 0 Å². The second-order valence-electron chi connectivity index (χ2n) is 7.23. The number of aromatic hydroxyl groups is 1. The average Bonchev–Trinajstić information content (AvgIpc) is 2.59. The SMILES string of the molecule is CC(C)C[C@H](NC(=O)[C@@H](N)Cc1ccc(O)cc1)C(=O)N[C@H](C(=O)O)[C@@H](C)O. The van der Waals surface area contributed by atoms with Crippen molar-refractivity contribution in [3.05, 3.63) is 29.8 Å². The Balaban J connectivity index is 2.80. The van der Waals surface area contributed by atoms with Crippen molar-refractivity contribution in [2.75, 3.05) is 0 Å². The van der Waals surface area contributed by atoms with Crippen LogP contribution in [-0.4, -0.2) is 57.3 Å². The van der Waals surface area contributed by atoms with E-state index in [1.165, 1.54) is 19.1 Å². The minimum Gasteiger partial charge on any atom is -0.508 e. The van der Waals surface area contributed by atoms with E-state index in [0.29, 0.717) is 0 Å². The van der Waals surface area contributed by atoms with Crippen molar-refractivity contribution in [1.82, 2.24) is 10.6 Å². The molecule has 1 aromatic carbocycles. The fraction of sp³-hybridized carbons (Fsp3) is 0.526. The van der Waals surface area contributed by atoms with Crippen molar-refractivity contribution >= 4 is 17.8 Å². The number of aliphatic carboxylic acids is 1. The lowest BCUT2D eigenvalue weighted by molar-refractivity contribution is -0.145. The summed E-state index contributed by atoms with van der Waals surface area (Å²) in [5.41, 5.74) is 6.66. The molecule has 0 radical (unpaired) electrons. The van der Waals surface area contributed by atoms with Gasteiger partial charge < -0.3 is 31.7 Å². The van der Waals surface area contributed by atoms with Gasteiger partial charge in [-0.2, -0.15) is 0 Å². The number of carboxylic acid groups (broad SMARTS) is 1. The number of aliphatic hydroxyl groups is 1. The topological polar surface area (TPSA) is 162 Å². The van der Waals surface area contributed by atoms with Crippen LogP contribution in [0, 0.1) is 5.92 Å². The molecule has 0 saturated heterocycles. The van der Waals surface area contributed by atoms with Gasteiger partial charge in [-0.1, -0.05) is 26.0 Å². The maximum absolute atomic E-state index is 12.5. The third-order valence-electron chi connectivity index (χ3n) is 4.12. The Hall–Kier alpha value is -2.65. The highest BCUT2D eigenvalue weighted by molar-refractivity contribution is 5.92. The zero-order chi connectivity index (χ0) is 21.4. The number of amides is 2. The van der Waals surface area contributed by atoms with Crippen molar-refractivity contribution < 1.29 is 29.7 Å². The zero-order valence-electron chi connectivity index (χ0n) is 16.3. The highest BCUT2D eigenvalue weighted by atomic mass is 16.4. The highest BCUT2D eigenvalue weighted by Gasteiger charge is 2.30. The van der Waals surface area contributed by atoms with Crippen LogP contribution in [0.5, 0.6) is 5.75 Å². The molecule has 0 bridgehead atoms. The summed E-state index contributed by atoms with van der Waals surface area (Å²) >= 11 is 0. The molecule has 7 N–H and O–H groups in total. The summed E-state index contributed by atoms with van der Waals surface area (Å²) < 4.78 is 0. The van der Waals surface area contributed by atoms with Crippen LogP contribution in [-0.2, 0) is 20.8 Å². The first-order valence-electron chi connectivity index (χ1n) is 9.06. The van der Waals surface area contributed by atoms with E-state index in [1.54, 1.807) is 12.1 Å². The van der Waals surface area contributed by atoms with Crippen molar-refractivity contribution in [2.24, 2.45) is 11.7 Å². The number of aliphatic hydroxyl groups excluding tert-OH is 1. The van der Waals surface area contributed by atoms with Crippen molar-refractivity contribution in [1.29, 1.82) is 0 Å². The Morgan fingerprint density at radius 3 is 2.07 bits per heavy atom. The number of benzene rings is 1. The first-order chi connectivity index (χ1) is 13.0. The minimum atomic E-state index is -1.48. The standard InChI is InChI=1S/C19H29N3O6/c1-10(2)8-15(18(26)22-16(11(3)23)19(27)28)21-17(25)14(20)9-12-4-6-13(24)7-5-12/h4-7,10-11,14-16,23-24H,8-9,20H2,1-3H3,(H,21,25)(H,22,26)(H,27,28)/t11-,14+,15+,16+/m1/s1.